The summed E-state index contributed by atoms with van der Waals surface area (Å²) in [5.41, 5.74) is -0.106. The molecule has 0 fully saturated rings. The van der Waals surface area contributed by atoms with Crippen molar-refractivity contribution >= 4 is 40.7 Å². The van der Waals surface area contributed by atoms with Crippen LogP contribution in [0.4, 0.5) is 8.78 Å². The first-order chi connectivity index (χ1) is 10.3. The van der Waals surface area contributed by atoms with Crippen LogP contribution in [0.5, 0.6) is 5.75 Å². The molecule has 1 amide bonds. The first kappa shape index (κ1) is 16.8. The average molecular weight is 367 g/mol. The number of hydrogen-bond donors (Lipinski definition) is 2. The number of benzene rings is 2. The predicted molar refractivity (Wildman–Crippen MR) is 80.7 cm³/mol. The Labute approximate surface area is 139 Å². The monoisotopic (exact) mass is 365 g/mol. The zero-order chi connectivity index (χ0) is 16.4. The second-order valence-corrected chi connectivity index (χ2v) is 5.53. The molecule has 3 nitrogen and oxygen atoms in total. The van der Waals surface area contributed by atoms with Crippen LogP contribution in [0.1, 0.15) is 15.9 Å². The van der Waals surface area contributed by atoms with Crippen LogP contribution in [-0.2, 0) is 6.54 Å². The molecular weight excluding hydrogens is 359 g/mol. The Balaban J connectivity index is 2.23. The Morgan fingerprint density at radius 2 is 1.64 bits per heavy atom. The zero-order valence-electron chi connectivity index (χ0n) is 10.8. The third-order valence-electron chi connectivity index (χ3n) is 2.75. The number of rotatable bonds is 3. The largest absolute Gasteiger partial charge is 0.505 e. The third-order valence-corrected chi connectivity index (χ3v) is 3.82. The van der Waals surface area contributed by atoms with E-state index < -0.39 is 23.3 Å². The number of nitrogens with one attached hydrogen (secondary N) is 1. The first-order valence-electron chi connectivity index (χ1n) is 5.89. The van der Waals surface area contributed by atoms with E-state index >= 15 is 0 Å². The summed E-state index contributed by atoms with van der Waals surface area (Å²) in [5.74, 6) is -2.84. The highest BCUT2D eigenvalue weighted by atomic mass is 35.5. The molecule has 2 rings (SSSR count). The highest BCUT2D eigenvalue weighted by molar-refractivity contribution is 6.45. The van der Waals surface area contributed by atoms with Crippen molar-refractivity contribution in [1.29, 1.82) is 0 Å². The lowest BCUT2D eigenvalue weighted by Gasteiger charge is -2.11. The summed E-state index contributed by atoms with van der Waals surface area (Å²) < 4.78 is 26.1. The number of phenolic OH excluding ortho intramolecular Hbond substituents is 1. The average Bonchev–Trinajstić information content (AvgIpc) is 2.42. The van der Waals surface area contributed by atoms with Crippen LogP contribution in [0.15, 0.2) is 24.3 Å². The number of hydrogen-bond acceptors (Lipinski definition) is 2. The van der Waals surface area contributed by atoms with Gasteiger partial charge >= 0.3 is 0 Å². The van der Waals surface area contributed by atoms with Crippen molar-refractivity contribution in [2.75, 3.05) is 0 Å². The maximum absolute atomic E-state index is 13.1. The van der Waals surface area contributed by atoms with Gasteiger partial charge in [-0.3, -0.25) is 4.79 Å². The van der Waals surface area contributed by atoms with Gasteiger partial charge in [0.25, 0.3) is 5.91 Å². The van der Waals surface area contributed by atoms with Crippen molar-refractivity contribution in [3.8, 4) is 5.75 Å². The SMILES string of the molecule is O=C(NCc1cc(F)cc(F)c1)c1c(O)c(Cl)cc(Cl)c1Cl. The summed E-state index contributed by atoms with van der Waals surface area (Å²) in [5, 5.41) is 11.8. The van der Waals surface area contributed by atoms with E-state index in [1.165, 1.54) is 6.07 Å². The predicted octanol–water partition coefficient (Wildman–Crippen LogP) is 4.56. The molecule has 0 radical (unpaired) electrons. The molecule has 0 saturated heterocycles. The molecule has 2 N–H and O–H groups in total. The summed E-state index contributed by atoms with van der Waals surface area (Å²) in [4.78, 5) is 12.1. The van der Waals surface area contributed by atoms with Gasteiger partial charge in [-0.25, -0.2) is 8.78 Å². The van der Waals surface area contributed by atoms with E-state index in [4.69, 9.17) is 34.8 Å². The van der Waals surface area contributed by atoms with Crippen molar-refractivity contribution in [2.24, 2.45) is 0 Å². The van der Waals surface area contributed by atoms with Crippen LogP contribution in [0.25, 0.3) is 0 Å². The minimum atomic E-state index is -0.781. The normalized spacial score (nSPS) is 10.6. The van der Waals surface area contributed by atoms with Crippen molar-refractivity contribution in [3.05, 3.63) is 62.1 Å². The molecule has 0 bridgehead atoms. The van der Waals surface area contributed by atoms with E-state index in [1.807, 2.05) is 0 Å². The Morgan fingerprint density at radius 3 is 2.23 bits per heavy atom. The summed E-state index contributed by atoms with van der Waals surface area (Å²) in [7, 11) is 0. The van der Waals surface area contributed by atoms with Gasteiger partial charge < -0.3 is 10.4 Å². The quantitative estimate of drug-likeness (QED) is 0.782. The van der Waals surface area contributed by atoms with Crippen LogP contribution in [0, 0.1) is 11.6 Å². The molecule has 0 spiro atoms. The van der Waals surface area contributed by atoms with Crippen LogP contribution in [0.3, 0.4) is 0 Å². The van der Waals surface area contributed by atoms with Gasteiger partial charge in [0.05, 0.1) is 15.1 Å². The number of halogens is 5. The van der Waals surface area contributed by atoms with E-state index in [0.29, 0.717) is 6.07 Å². The molecule has 0 aromatic heterocycles. The highest BCUT2D eigenvalue weighted by Gasteiger charge is 2.21. The molecule has 2 aromatic rings. The minimum absolute atomic E-state index is 0.00795. The third kappa shape index (κ3) is 3.61. The summed E-state index contributed by atoms with van der Waals surface area (Å²) in [6.45, 7) is -0.173. The molecule has 8 heteroatoms. The van der Waals surface area contributed by atoms with Crippen molar-refractivity contribution in [2.45, 2.75) is 6.54 Å². The summed E-state index contributed by atoms with van der Waals surface area (Å²) in [6, 6.07) is 4.04. The maximum atomic E-state index is 13.1. The lowest BCUT2D eigenvalue weighted by Crippen LogP contribution is -2.23. The Bertz CT molecular complexity index is 707. The minimum Gasteiger partial charge on any atom is -0.505 e. The van der Waals surface area contributed by atoms with Gasteiger partial charge in [-0.2, -0.15) is 0 Å². The number of carbonyl (C=O) groups is 1. The van der Waals surface area contributed by atoms with E-state index in [9.17, 15) is 18.7 Å². The number of amides is 1. The van der Waals surface area contributed by atoms with Crippen molar-refractivity contribution in [3.63, 3.8) is 0 Å². The lowest BCUT2D eigenvalue weighted by molar-refractivity contribution is 0.0948. The number of carbonyl (C=O) groups excluding carboxylic acids is 1. The number of aromatic hydroxyl groups is 1. The fourth-order valence-corrected chi connectivity index (χ4v) is 2.47. The molecule has 0 aliphatic carbocycles. The van der Waals surface area contributed by atoms with E-state index in [-0.39, 0.29) is 32.7 Å². The van der Waals surface area contributed by atoms with Gasteiger partial charge in [0.1, 0.15) is 22.9 Å². The zero-order valence-corrected chi connectivity index (χ0v) is 13.0. The highest BCUT2D eigenvalue weighted by Crippen LogP contribution is 2.38. The van der Waals surface area contributed by atoms with Crippen LogP contribution >= 0.6 is 34.8 Å². The summed E-state index contributed by atoms with van der Waals surface area (Å²) in [6.07, 6.45) is 0. The van der Waals surface area contributed by atoms with Gasteiger partial charge in [-0.05, 0) is 23.8 Å². The Kier molecular flexibility index (Phi) is 5.11. The van der Waals surface area contributed by atoms with Crippen LogP contribution < -0.4 is 5.32 Å². The molecular formula is C14H8Cl3F2NO2. The molecule has 0 saturated carbocycles. The molecule has 0 atom stereocenters. The van der Waals surface area contributed by atoms with E-state index in [0.717, 1.165) is 12.1 Å². The summed E-state index contributed by atoms with van der Waals surface area (Å²) >= 11 is 17.4. The molecule has 22 heavy (non-hydrogen) atoms. The van der Waals surface area contributed by atoms with Gasteiger partial charge in [0, 0.05) is 12.6 Å². The Hall–Kier alpha value is -1.56. The molecule has 2 aromatic carbocycles. The van der Waals surface area contributed by atoms with Crippen LogP contribution in [0.2, 0.25) is 15.1 Å². The number of phenols is 1. The second-order valence-electron chi connectivity index (χ2n) is 4.34. The van der Waals surface area contributed by atoms with Crippen molar-refractivity contribution < 1.29 is 18.7 Å². The first-order valence-corrected chi connectivity index (χ1v) is 7.02. The Morgan fingerprint density at radius 1 is 1.05 bits per heavy atom. The topological polar surface area (TPSA) is 49.3 Å². The fraction of sp³-hybridized carbons (Fsp3) is 0.0714. The second kappa shape index (κ2) is 6.69. The van der Waals surface area contributed by atoms with Crippen LogP contribution in [-0.4, -0.2) is 11.0 Å². The molecule has 116 valence electrons. The fourth-order valence-electron chi connectivity index (χ4n) is 1.78. The maximum Gasteiger partial charge on any atom is 0.256 e. The van der Waals surface area contributed by atoms with E-state index in [2.05, 4.69) is 5.32 Å². The molecule has 0 aliphatic rings. The molecule has 0 unspecified atom stereocenters. The van der Waals surface area contributed by atoms with Gasteiger partial charge in [0.15, 0.2) is 0 Å². The van der Waals surface area contributed by atoms with Crippen molar-refractivity contribution in [1.82, 2.24) is 5.32 Å². The lowest BCUT2D eigenvalue weighted by atomic mass is 10.1. The standard InChI is InChI=1S/C14H8Cl3F2NO2/c15-9-4-10(16)13(21)11(12(9)17)14(22)20-5-6-1-7(18)3-8(19)2-6/h1-4,21H,5H2,(H,20,22). The van der Waals surface area contributed by atoms with Gasteiger partial charge in [-0.1, -0.05) is 34.8 Å². The molecule has 0 aliphatic heterocycles. The van der Waals surface area contributed by atoms with Gasteiger partial charge in [-0.15, -0.1) is 0 Å². The van der Waals surface area contributed by atoms with Gasteiger partial charge in [0.2, 0.25) is 0 Å². The van der Waals surface area contributed by atoms with E-state index in [1.54, 1.807) is 0 Å². The smallest absolute Gasteiger partial charge is 0.256 e. The molecule has 0 heterocycles.